The molecule has 26 heavy (non-hydrogen) atoms. The van der Waals surface area contributed by atoms with Crippen LogP contribution >= 0.6 is 0 Å². The van der Waals surface area contributed by atoms with E-state index in [0.717, 1.165) is 19.6 Å². The molecule has 1 aromatic carbocycles. The third kappa shape index (κ3) is 2.97. The lowest BCUT2D eigenvalue weighted by Crippen LogP contribution is -2.37. The zero-order chi connectivity index (χ0) is 18.3. The standard InChI is InChI=1S/C21H25N3O2/c1-15-7-3-4-8-17(15)21-18-13-24(12-16(18)11-22(21)2)20(26)14-23-10-6-5-9-19(23)25/h3-10,16,18,21H,11-14H2,1-2H3/t16-,18+,21-/m0/s1. The van der Waals surface area contributed by atoms with E-state index in [1.807, 2.05) is 4.90 Å². The summed E-state index contributed by atoms with van der Waals surface area (Å²) in [5.41, 5.74) is 2.56. The van der Waals surface area contributed by atoms with Crippen LogP contribution in [0.25, 0.3) is 0 Å². The molecule has 3 atom stereocenters. The molecule has 5 heteroatoms. The van der Waals surface area contributed by atoms with Gasteiger partial charge in [0.1, 0.15) is 6.54 Å². The molecule has 0 saturated carbocycles. The summed E-state index contributed by atoms with van der Waals surface area (Å²) in [5, 5.41) is 0. The molecule has 1 aromatic heterocycles. The first kappa shape index (κ1) is 17.0. The summed E-state index contributed by atoms with van der Waals surface area (Å²) in [4.78, 5) is 29.0. The molecular formula is C21H25N3O2. The van der Waals surface area contributed by atoms with Gasteiger partial charge in [-0.05, 0) is 37.1 Å². The van der Waals surface area contributed by atoms with Gasteiger partial charge in [-0.25, -0.2) is 0 Å². The van der Waals surface area contributed by atoms with E-state index < -0.39 is 0 Å². The first-order valence-electron chi connectivity index (χ1n) is 9.23. The quantitative estimate of drug-likeness (QED) is 0.849. The minimum atomic E-state index is -0.127. The summed E-state index contributed by atoms with van der Waals surface area (Å²) in [5.74, 6) is 0.998. The van der Waals surface area contributed by atoms with Crippen LogP contribution in [-0.2, 0) is 11.3 Å². The predicted molar refractivity (Wildman–Crippen MR) is 101 cm³/mol. The molecule has 0 unspecified atom stereocenters. The maximum atomic E-state index is 12.7. The van der Waals surface area contributed by atoms with Gasteiger partial charge in [0.2, 0.25) is 5.91 Å². The molecule has 1 amide bonds. The molecule has 0 N–H and O–H groups in total. The first-order chi connectivity index (χ1) is 12.5. The van der Waals surface area contributed by atoms with Crippen molar-refractivity contribution in [2.45, 2.75) is 19.5 Å². The fourth-order valence-corrected chi connectivity index (χ4v) is 4.69. The van der Waals surface area contributed by atoms with Crippen molar-refractivity contribution in [1.29, 1.82) is 0 Å². The van der Waals surface area contributed by atoms with E-state index in [2.05, 4.69) is 43.1 Å². The molecule has 0 bridgehead atoms. The van der Waals surface area contributed by atoms with E-state index >= 15 is 0 Å². The Morgan fingerprint density at radius 3 is 2.62 bits per heavy atom. The monoisotopic (exact) mass is 351 g/mol. The fraction of sp³-hybridized carbons (Fsp3) is 0.429. The van der Waals surface area contributed by atoms with Crippen LogP contribution in [0.15, 0.2) is 53.5 Å². The molecule has 2 saturated heterocycles. The summed E-state index contributed by atoms with van der Waals surface area (Å²) in [7, 11) is 2.19. The number of pyridine rings is 1. The molecule has 2 aliphatic rings. The SMILES string of the molecule is Cc1ccccc1[C@H]1[C@@H]2CN(C(=O)Cn3ccccc3=O)C[C@@H]2CN1C. The highest BCUT2D eigenvalue weighted by molar-refractivity contribution is 5.76. The van der Waals surface area contributed by atoms with E-state index in [4.69, 9.17) is 0 Å². The molecule has 3 heterocycles. The Morgan fingerprint density at radius 2 is 1.85 bits per heavy atom. The number of aryl methyl sites for hydroxylation is 1. The number of carbonyl (C=O) groups is 1. The highest BCUT2D eigenvalue weighted by Crippen LogP contribution is 2.44. The number of rotatable bonds is 3. The molecule has 2 aromatic rings. The van der Waals surface area contributed by atoms with Crippen molar-refractivity contribution in [3.8, 4) is 0 Å². The Hall–Kier alpha value is -2.40. The average Bonchev–Trinajstić information content (AvgIpc) is 3.14. The zero-order valence-corrected chi connectivity index (χ0v) is 15.3. The van der Waals surface area contributed by atoms with Gasteiger partial charge in [0.25, 0.3) is 5.56 Å². The molecule has 136 valence electrons. The van der Waals surface area contributed by atoms with Gasteiger partial charge < -0.3 is 9.47 Å². The van der Waals surface area contributed by atoms with Gasteiger partial charge in [-0.3, -0.25) is 14.5 Å². The summed E-state index contributed by atoms with van der Waals surface area (Å²) < 4.78 is 1.49. The van der Waals surface area contributed by atoms with Crippen LogP contribution < -0.4 is 5.56 Å². The molecule has 4 rings (SSSR count). The summed E-state index contributed by atoms with van der Waals surface area (Å²) in [6.45, 7) is 4.87. The maximum Gasteiger partial charge on any atom is 0.250 e. The normalized spacial score (nSPS) is 25.5. The van der Waals surface area contributed by atoms with Crippen LogP contribution in [0.2, 0.25) is 0 Å². The molecule has 2 fully saturated rings. The highest BCUT2D eigenvalue weighted by Gasteiger charge is 2.47. The van der Waals surface area contributed by atoms with Crippen LogP contribution in [0, 0.1) is 18.8 Å². The van der Waals surface area contributed by atoms with Crippen molar-refractivity contribution in [2.75, 3.05) is 26.7 Å². The summed E-state index contributed by atoms with van der Waals surface area (Å²) >= 11 is 0. The number of fused-ring (bicyclic) bond motifs is 1. The second-order valence-corrected chi connectivity index (χ2v) is 7.63. The average molecular weight is 351 g/mol. The minimum Gasteiger partial charge on any atom is -0.340 e. The van der Waals surface area contributed by atoms with Crippen molar-refractivity contribution in [2.24, 2.45) is 11.8 Å². The van der Waals surface area contributed by atoms with Crippen LogP contribution in [-0.4, -0.2) is 47.0 Å². The number of nitrogens with zero attached hydrogens (tertiary/aromatic N) is 3. The molecule has 0 radical (unpaired) electrons. The van der Waals surface area contributed by atoms with Crippen LogP contribution in [0.4, 0.5) is 0 Å². The summed E-state index contributed by atoms with van der Waals surface area (Å²) in [6, 6.07) is 13.9. The first-order valence-corrected chi connectivity index (χ1v) is 9.23. The van der Waals surface area contributed by atoms with E-state index in [1.54, 1.807) is 18.3 Å². The van der Waals surface area contributed by atoms with Gasteiger partial charge in [0, 0.05) is 43.9 Å². The van der Waals surface area contributed by atoms with E-state index in [-0.39, 0.29) is 18.0 Å². The second kappa shape index (κ2) is 6.72. The van der Waals surface area contributed by atoms with Crippen molar-refractivity contribution in [3.05, 3.63) is 70.1 Å². The number of hydrogen-bond acceptors (Lipinski definition) is 3. The number of benzene rings is 1. The number of hydrogen-bond donors (Lipinski definition) is 0. The van der Waals surface area contributed by atoms with Gasteiger partial charge >= 0.3 is 0 Å². The van der Waals surface area contributed by atoms with Crippen molar-refractivity contribution >= 4 is 5.91 Å². The van der Waals surface area contributed by atoms with E-state index in [0.29, 0.717) is 17.9 Å². The summed E-state index contributed by atoms with van der Waals surface area (Å²) in [6.07, 6.45) is 1.68. The Labute approximate surface area is 153 Å². The Kier molecular flexibility index (Phi) is 4.41. The van der Waals surface area contributed by atoms with Gasteiger partial charge in [0.15, 0.2) is 0 Å². The lowest BCUT2D eigenvalue weighted by Gasteiger charge is -2.28. The van der Waals surface area contributed by atoms with Crippen molar-refractivity contribution < 1.29 is 4.79 Å². The third-order valence-corrected chi connectivity index (χ3v) is 5.96. The molecular weight excluding hydrogens is 326 g/mol. The van der Waals surface area contributed by atoms with Gasteiger partial charge in [-0.1, -0.05) is 30.3 Å². The number of aromatic nitrogens is 1. The van der Waals surface area contributed by atoms with Crippen LogP contribution in [0.1, 0.15) is 17.2 Å². The van der Waals surface area contributed by atoms with E-state index in [9.17, 15) is 9.59 Å². The third-order valence-electron chi connectivity index (χ3n) is 5.96. The van der Waals surface area contributed by atoms with Crippen molar-refractivity contribution in [3.63, 3.8) is 0 Å². The lowest BCUT2D eigenvalue weighted by atomic mass is 9.88. The highest BCUT2D eigenvalue weighted by atomic mass is 16.2. The molecule has 0 aliphatic carbocycles. The van der Waals surface area contributed by atoms with Crippen LogP contribution in [0.5, 0.6) is 0 Å². The van der Waals surface area contributed by atoms with Gasteiger partial charge in [-0.2, -0.15) is 0 Å². The number of carbonyl (C=O) groups excluding carboxylic acids is 1. The number of likely N-dealkylation sites (tertiary alicyclic amines) is 2. The van der Waals surface area contributed by atoms with Crippen molar-refractivity contribution in [1.82, 2.24) is 14.4 Å². The smallest absolute Gasteiger partial charge is 0.250 e. The predicted octanol–water partition coefficient (Wildman–Crippen LogP) is 1.92. The maximum absolute atomic E-state index is 12.7. The van der Waals surface area contributed by atoms with Gasteiger partial charge in [-0.15, -0.1) is 0 Å². The fourth-order valence-electron chi connectivity index (χ4n) is 4.69. The number of amides is 1. The topological polar surface area (TPSA) is 45.6 Å². The zero-order valence-electron chi connectivity index (χ0n) is 15.3. The second-order valence-electron chi connectivity index (χ2n) is 7.63. The molecule has 5 nitrogen and oxygen atoms in total. The lowest BCUT2D eigenvalue weighted by molar-refractivity contribution is -0.131. The largest absolute Gasteiger partial charge is 0.340 e. The Balaban J connectivity index is 1.51. The van der Waals surface area contributed by atoms with Gasteiger partial charge in [0.05, 0.1) is 0 Å². The Morgan fingerprint density at radius 1 is 1.08 bits per heavy atom. The minimum absolute atomic E-state index is 0.0406. The Bertz CT molecular complexity index is 875. The van der Waals surface area contributed by atoms with E-state index in [1.165, 1.54) is 21.8 Å². The van der Waals surface area contributed by atoms with Crippen LogP contribution in [0.3, 0.4) is 0 Å². The molecule has 0 spiro atoms. The molecule has 2 aliphatic heterocycles.